The monoisotopic (exact) mass is 173 g/mol. The van der Waals surface area contributed by atoms with E-state index in [0.717, 1.165) is 0 Å². The van der Waals surface area contributed by atoms with Crippen molar-refractivity contribution in [1.82, 2.24) is 0 Å². The Hall–Kier alpha value is -0.760. The number of halogens is 1. The molecule has 0 fully saturated rings. The predicted molar refractivity (Wildman–Crippen MR) is 47.1 cm³/mol. The first kappa shape index (κ1) is 10.2. The fraction of sp³-hybridized carbons (Fsp3) is 0.375. The molecule has 1 unspecified atom stereocenters. The maximum atomic E-state index is 10.7. The first-order chi connectivity index (χ1) is 5.22. The van der Waals surface area contributed by atoms with E-state index in [0.29, 0.717) is 6.42 Å². The van der Waals surface area contributed by atoms with Gasteiger partial charge in [-0.05, 0) is 31.1 Å². The van der Waals surface area contributed by atoms with Crippen molar-refractivity contribution < 1.29 is 4.79 Å². The fourth-order valence-electron chi connectivity index (χ4n) is 0.704. The average molecular weight is 174 g/mol. The molecule has 0 heterocycles. The zero-order chi connectivity index (χ0) is 8.69. The van der Waals surface area contributed by atoms with E-state index < -0.39 is 0 Å². The second kappa shape index (κ2) is 5.98. The van der Waals surface area contributed by atoms with Crippen molar-refractivity contribution in [3.8, 4) is 0 Å². The molecule has 2 N–H and O–H groups in total. The van der Waals surface area contributed by atoms with E-state index in [1.54, 1.807) is 18.2 Å². The van der Waals surface area contributed by atoms with Gasteiger partial charge in [-0.2, -0.15) is 0 Å². The van der Waals surface area contributed by atoms with E-state index in [1.807, 2.05) is 6.92 Å². The Balaban J connectivity index is 4.00. The van der Waals surface area contributed by atoms with E-state index in [2.05, 4.69) is 0 Å². The predicted octanol–water partition coefficient (Wildman–Crippen LogP) is 1.81. The van der Waals surface area contributed by atoms with Gasteiger partial charge in [0.2, 0.25) is 5.24 Å². The number of carbonyl (C=O) groups is 1. The van der Waals surface area contributed by atoms with Crippen LogP contribution in [0.5, 0.6) is 0 Å². The van der Waals surface area contributed by atoms with Gasteiger partial charge in [0.1, 0.15) is 0 Å². The summed E-state index contributed by atoms with van der Waals surface area (Å²) in [6, 6.07) is 0. The normalized spacial score (nSPS) is 14.4. The SMILES string of the molecule is C/C=C\C(C/C=C\N)C(=O)Cl. The smallest absolute Gasteiger partial charge is 0.228 e. The highest BCUT2D eigenvalue weighted by Crippen LogP contribution is 2.09. The molecule has 2 nitrogen and oxygen atoms in total. The standard InChI is InChI=1S/C8H12ClNO/c1-2-4-7(8(9)11)5-3-6-10/h2-4,6-7H,5,10H2,1H3/b4-2-,6-3-. The summed E-state index contributed by atoms with van der Waals surface area (Å²) >= 11 is 5.29. The lowest BCUT2D eigenvalue weighted by Crippen LogP contribution is -2.03. The highest BCUT2D eigenvalue weighted by molar-refractivity contribution is 6.64. The summed E-state index contributed by atoms with van der Waals surface area (Å²) in [6.07, 6.45) is 7.26. The van der Waals surface area contributed by atoms with Crippen LogP contribution in [0.3, 0.4) is 0 Å². The first-order valence-electron chi connectivity index (χ1n) is 3.41. The Morgan fingerprint density at radius 1 is 1.73 bits per heavy atom. The Kier molecular flexibility index (Phi) is 5.57. The minimum atomic E-state index is -0.346. The molecule has 62 valence electrons. The van der Waals surface area contributed by atoms with Crippen LogP contribution in [-0.2, 0) is 4.79 Å². The molecule has 0 amide bonds. The zero-order valence-electron chi connectivity index (χ0n) is 6.46. The molecular formula is C8H12ClNO. The molecule has 1 atom stereocenters. The number of allylic oxidation sites excluding steroid dienone is 3. The third kappa shape index (κ3) is 4.62. The second-order valence-electron chi connectivity index (χ2n) is 2.10. The van der Waals surface area contributed by atoms with Crippen molar-refractivity contribution in [2.75, 3.05) is 0 Å². The molecule has 11 heavy (non-hydrogen) atoms. The molecular weight excluding hydrogens is 162 g/mol. The Bertz CT molecular complexity index is 175. The molecule has 0 aliphatic heterocycles. The highest BCUT2D eigenvalue weighted by atomic mass is 35.5. The summed E-state index contributed by atoms with van der Waals surface area (Å²) in [4.78, 5) is 10.7. The second-order valence-corrected chi connectivity index (χ2v) is 2.47. The Labute approximate surface area is 71.7 Å². The van der Waals surface area contributed by atoms with Gasteiger partial charge in [0.15, 0.2) is 0 Å². The lowest BCUT2D eigenvalue weighted by molar-refractivity contribution is -0.113. The van der Waals surface area contributed by atoms with E-state index in [-0.39, 0.29) is 11.2 Å². The lowest BCUT2D eigenvalue weighted by Gasteiger charge is -2.01. The first-order valence-corrected chi connectivity index (χ1v) is 3.79. The van der Waals surface area contributed by atoms with Crippen LogP contribution in [0, 0.1) is 5.92 Å². The largest absolute Gasteiger partial charge is 0.405 e. The van der Waals surface area contributed by atoms with Crippen LogP contribution in [0.15, 0.2) is 24.4 Å². The number of hydrogen-bond donors (Lipinski definition) is 1. The van der Waals surface area contributed by atoms with Crippen LogP contribution < -0.4 is 5.73 Å². The van der Waals surface area contributed by atoms with Gasteiger partial charge in [0.25, 0.3) is 0 Å². The average Bonchev–Trinajstić information content (AvgIpc) is 1.97. The Morgan fingerprint density at radius 2 is 2.36 bits per heavy atom. The third-order valence-corrected chi connectivity index (χ3v) is 1.52. The van der Waals surface area contributed by atoms with Crippen molar-refractivity contribution in [1.29, 1.82) is 0 Å². The summed E-state index contributed by atoms with van der Waals surface area (Å²) in [5, 5.41) is -0.346. The number of rotatable bonds is 4. The van der Waals surface area contributed by atoms with Gasteiger partial charge in [-0.1, -0.05) is 18.2 Å². The van der Waals surface area contributed by atoms with E-state index in [1.165, 1.54) is 6.20 Å². The summed E-state index contributed by atoms with van der Waals surface area (Å²) in [5.41, 5.74) is 5.11. The van der Waals surface area contributed by atoms with Crippen molar-refractivity contribution in [3.63, 3.8) is 0 Å². The van der Waals surface area contributed by atoms with E-state index >= 15 is 0 Å². The number of nitrogens with two attached hydrogens (primary N) is 1. The van der Waals surface area contributed by atoms with E-state index in [9.17, 15) is 4.79 Å². The quantitative estimate of drug-likeness (QED) is 0.521. The van der Waals surface area contributed by atoms with Crippen LogP contribution in [-0.4, -0.2) is 5.24 Å². The summed E-state index contributed by atoms with van der Waals surface area (Å²) < 4.78 is 0. The molecule has 0 aliphatic carbocycles. The number of carbonyl (C=O) groups excluding carboxylic acids is 1. The van der Waals surface area contributed by atoms with Crippen LogP contribution in [0.1, 0.15) is 13.3 Å². The summed E-state index contributed by atoms with van der Waals surface area (Å²) in [5.74, 6) is -0.235. The summed E-state index contributed by atoms with van der Waals surface area (Å²) in [7, 11) is 0. The number of hydrogen-bond acceptors (Lipinski definition) is 2. The molecule has 0 aromatic carbocycles. The fourth-order valence-corrected chi connectivity index (χ4v) is 0.866. The van der Waals surface area contributed by atoms with Crippen LogP contribution in [0.2, 0.25) is 0 Å². The molecule has 0 spiro atoms. The van der Waals surface area contributed by atoms with Crippen molar-refractivity contribution in [2.45, 2.75) is 13.3 Å². The lowest BCUT2D eigenvalue weighted by atomic mass is 10.1. The minimum Gasteiger partial charge on any atom is -0.405 e. The topological polar surface area (TPSA) is 43.1 Å². The molecule has 0 rings (SSSR count). The van der Waals surface area contributed by atoms with E-state index in [4.69, 9.17) is 17.3 Å². The van der Waals surface area contributed by atoms with Crippen LogP contribution in [0.4, 0.5) is 0 Å². The van der Waals surface area contributed by atoms with Gasteiger partial charge in [-0.3, -0.25) is 4.79 Å². The van der Waals surface area contributed by atoms with Gasteiger partial charge in [0.05, 0.1) is 5.92 Å². The molecule has 0 bridgehead atoms. The molecule has 0 aromatic rings. The van der Waals surface area contributed by atoms with Crippen LogP contribution in [0.25, 0.3) is 0 Å². The van der Waals surface area contributed by atoms with Gasteiger partial charge >= 0.3 is 0 Å². The van der Waals surface area contributed by atoms with Gasteiger partial charge < -0.3 is 5.73 Å². The highest BCUT2D eigenvalue weighted by Gasteiger charge is 2.09. The Morgan fingerprint density at radius 3 is 2.73 bits per heavy atom. The molecule has 0 radical (unpaired) electrons. The van der Waals surface area contributed by atoms with Crippen molar-refractivity contribution in [2.24, 2.45) is 11.7 Å². The maximum absolute atomic E-state index is 10.7. The van der Waals surface area contributed by atoms with Crippen molar-refractivity contribution >= 4 is 16.8 Å². The maximum Gasteiger partial charge on any atom is 0.228 e. The van der Waals surface area contributed by atoms with Crippen LogP contribution >= 0.6 is 11.6 Å². The molecule has 0 aliphatic rings. The van der Waals surface area contributed by atoms with Crippen molar-refractivity contribution in [3.05, 3.63) is 24.4 Å². The molecule has 0 saturated heterocycles. The van der Waals surface area contributed by atoms with Gasteiger partial charge in [-0.15, -0.1) is 0 Å². The third-order valence-electron chi connectivity index (χ3n) is 1.24. The molecule has 0 saturated carbocycles. The summed E-state index contributed by atoms with van der Waals surface area (Å²) in [6.45, 7) is 1.85. The molecule has 0 aromatic heterocycles. The van der Waals surface area contributed by atoms with Gasteiger partial charge in [0, 0.05) is 0 Å². The minimum absolute atomic E-state index is 0.235. The zero-order valence-corrected chi connectivity index (χ0v) is 7.21. The van der Waals surface area contributed by atoms with Gasteiger partial charge in [-0.25, -0.2) is 0 Å². The molecule has 3 heteroatoms.